The number of hydrogen-bond acceptors (Lipinski definition) is 7. The summed E-state index contributed by atoms with van der Waals surface area (Å²) in [4.78, 5) is 6.67. The SMILES string of the molecule is COc1cc(CNCc2cnc3ccccc3c2)ccc1OCC(O)CN1CCC(O)CC1. The fourth-order valence-electron chi connectivity index (χ4n) is 4.14. The van der Waals surface area contributed by atoms with Crippen LogP contribution in [-0.2, 0) is 13.1 Å². The van der Waals surface area contributed by atoms with E-state index in [1.165, 1.54) is 0 Å². The Balaban J connectivity index is 1.26. The van der Waals surface area contributed by atoms with E-state index in [4.69, 9.17) is 9.47 Å². The molecule has 7 heteroatoms. The number of hydrogen-bond donors (Lipinski definition) is 3. The van der Waals surface area contributed by atoms with E-state index in [1.807, 2.05) is 42.6 Å². The molecule has 0 spiro atoms. The van der Waals surface area contributed by atoms with Crippen LogP contribution in [0.15, 0.2) is 54.7 Å². The van der Waals surface area contributed by atoms with Gasteiger partial charge in [-0.1, -0.05) is 24.3 Å². The number of ether oxygens (including phenoxy) is 2. The summed E-state index contributed by atoms with van der Waals surface area (Å²) in [6.07, 6.45) is 2.62. The monoisotopic (exact) mass is 451 g/mol. The van der Waals surface area contributed by atoms with Gasteiger partial charge < -0.3 is 29.9 Å². The number of pyridine rings is 1. The molecule has 7 nitrogen and oxygen atoms in total. The zero-order valence-corrected chi connectivity index (χ0v) is 19.1. The molecule has 1 aliphatic heterocycles. The maximum Gasteiger partial charge on any atom is 0.161 e. The molecule has 0 radical (unpaired) electrons. The lowest BCUT2D eigenvalue weighted by molar-refractivity contribution is 0.0333. The van der Waals surface area contributed by atoms with Crippen LogP contribution >= 0.6 is 0 Å². The third kappa shape index (κ3) is 6.65. The summed E-state index contributed by atoms with van der Waals surface area (Å²) in [5.41, 5.74) is 3.22. The van der Waals surface area contributed by atoms with Crippen molar-refractivity contribution in [1.82, 2.24) is 15.2 Å². The number of nitrogens with zero attached hydrogens (tertiary/aromatic N) is 2. The third-order valence-corrected chi connectivity index (χ3v) is 5.99. The first kappa shape index (κ1) is 23.4. The van der Waals surface area contributed by atoms with Gasteiger partial charge in [0.25, 0.3) is 0 Å². The molecule has 0 amide bonds. The normalized spacial score (nSPS) is 16.1. The summed E-state index contributed by atoms with van der Waals surface area (Å²) < 4.78 is 11.4. The van der Waals surface area contributed by atoms with E-state index >= 15 is 0 Å². The average Bonchev–Trinajstić information content (AvgIpc) is 2.84. The molecular formula is C26H33N3O4. The van der Waals surface area contributed by atoms with Gasteiger partial charge in [-0.25, -0.2) is 0 Å². The lowest BCUT2D eigenvalue weighted by Crippen LogP contribution is -2.41. The highest BCUT2D eigenvalue weighted by molar-refractivity contribution is 5.78. The van der Waals surface area contributed by atoms with Crippen LogP contribution in [0.4, 0.5) is 0 Å². The molecule has 0 saturated carbocycles. The highest BCUT2D eigenvalue weighted by atomic mass is 16.5. The number of β-amino-alcohol motifs (C(OH)–C–C–N with tert-alkyl or cyclic N) is 1. The molecule has 3 N–H and O–H groups in total. The van der Waals surface area contributed by atoms with E-state index in [2.05, 4.69) is 27.3 Å². The summed E-state index contributed by atoms with van der Waals surface area (Å²) in [5.74, 6) is 1.27. The first-order chi connectivity index (χ1) is 16.1. The molecule has 4 rings (SSSR count). The van der Waals surface area contributed by atoms with Crippen LogP contribution in [0.5, 0.6) is 11.5 Å². The number of para-hydroxylation sites is 1. The zero-order chi connectivity index (χ0) is 23.0. The predicted octanol–water partition coefficient (Wildman–Crippen LogP) is 2.73. The summed E-state index contributed by atoms with van der Waals surface area (Å²) in [6.45, 7) is 3.75. The number of aliphatic hydroxyl groups excluding tert-OH is 2. The van der Waals surface area contributed by atoms with Crippen molar-refractivity contribution in [3.8, 4) is 11.5 Å². The van der Waals surface area contributed by atoms with Gasteiger partial charge in [-0.2, -0.15) is 0 Å². The maximum absolute atomic E-state index is 10.4. The van der Waals surface area contributed by atoms with Crippen molar-refractivity contribution in [1.29, 1.82) is 0 Å². The summed E-state index contributed by atoms with van der Waals surface area (Å²) >= 11 is 0. The van der Waals surface area contributed by atoms with Crippen LogP contribution in [0.25, 0.3) is 10.9 Å². The van der Waals surface area contributed by atoms with Gasteiger partial charge in [0, 0.05) is 44.3 Å². The van der Waals surface area contributed by atoms with Crippen molar-refractivity contribution in [3.63, 3.8) is 0 Å². The molecule has 1 aromatic heterocycles. The van der Waals surface area contributed by atoms with Gasteiger partial charge in [-0.15, -0.1) is 0 Å². The van der Waals surface area contributed by atoms with Crippen LogP contribution in [0.3, 0.4) is 0 Å². The fraction of sp³-hybridized carbons (Fsp3) is 0.423. The van der Waals surface area contributed by atoms with Crippen LogP contribution < -0.4 is 14.8 Å². The Labute approximate surface area is 195 Å². The Morgan fingerprint density at radius 3 is 2.67 bits per heavy atom. The molecular weight excluding hydrogens is 418 g/mol. The molecule has 1 aliphatic rings. The Bertz CT molecular complexity index is 1040. The minimum absolute atomic E-state index is 0.196. The predicted molar refractivity (Wildman–Crippen MR) is 128 cm³/mol. The van der Waals surface area contributed by atoms with E-state index in [9.17, 15) is 10.2 Å². The average molecular weight is 452 g/mol. The van der Waals surface area contributed by atoms with Crippen LogP contribution in [0.2, 0.25) is 0 Å². The quantitative estimate of drug-likeness (QED) is 0.437. The van der Waals surface area contributed by atoms with Gasteiger partial charge in [-0.05, 0) is 48.2 Å². The number of benzene rings is 2. The van der Waals surface area contributed by atoms with Crippen molar-refractivity contribution in [2.24, 2.45) is 0 Å². The molecule has 1 saturated heterocycles. The Morgan fingerprint density at radius 2 is 1.85 bits per heavy atom. The summed E-state index contributed by atoms with van der Waals surface area (Å²) in [6, 6.07) is 16.1. The van der Waals surface area contributed by atoms with E-state index in [-0.39, 0.29) is 12.7 Å². The highest BCUT2D eigenvalue weighted by Gasteiger charge is 2.20. The van der Waals surface area contributed by atoms with Crippen molar-refractivity contribution >= 4 is 10.9 Å². The first-order valence-electron chi connectivity index (χ1n) is 11.5. The first-order valence-corrected chi connectivity index (χ1v) is 11.5. The highest BCUT2D eigenvalue weighted by Crippen LogP contribution is 2.28. The van der Waals surface area contributed by atoms with Crippen molar-refractivity contribution in [2.75, 3.05) is 33.4 Å². The Hall–Kier alpha value is -2.71. The molecule has 2 heterocycles. The second-order valence-corrected chi connectivity index (χ2v) is 8.62. The van der Waals surface area contributed by atoms with Gasteiger partial charge in [0.05, 0.1) is 18.7 Å². The second-order valence-electron chi connectivity index (χ2n) is 8.62. The van der Waals surface area contributed by atoms with Gasteiger partial charge >= 0.3 is 0 Å². The fourth-order valence-corrected chi connectivity index (χ4v) is 4.14. The van der Waals surface area contributed by atoms with Crippen LogP contribution in [0, 0.1) is 0 Å². The smallest absolute Gasteiger partial charge is 0.161 e. The molecule has 2 aromatic carbocycles. The van der Waals surface area contributed by atoms with E-state index in [1.54, 1.807) is 7.11 Å². The lowest BCUT2D eigenvalue weighted by atomic mass is 10.1. The lowest BCUT2D eigenvalue weighted by Gasteiger charge is -2.30. The van der Waals surface area contributed by atoms with Gasteiger partial charge in [-0.3, -0.25) is 4.98 Å². The number of aromatic nitrogens is 1. The number of methoxy groups -OCH3 is 1. The molecule has 1 atom stereocenters. The van der Waals surface area contributed by atoms with E-state index in [0.717, 1.165) is 54.5 Å². The summed E-state index contributed by atoms with van der Waals surface area (Å²) in [5, 5.41) is 24.6. The zero-order valence-electron chi connectivity index (χ0n) is 19.1. The molecule has 1 unspecified atom stereocenters. The minimum atomic E-state index is -0.596. The number of fused-ring (bicyclic) bond motifs is 1. The Kier molecular flexibility index (Phi) is 8.12. The van der Waals surface area contributed by atoms with Gasteiger partial charge in [0.2, 0.25) is 0 Å². The summed E-state index contributed by atoms with van der Waals surface area (Å²) in [7, 11) is 1.62. The van der Waals surface area contributed by atoms with Gasteiger partial charge in [0.1, 0.15) is 12.7 Å². The van der Waals surface area contributed by atoms with E-state index < -0.39 is 6.10 Å². The standard InChI is InChI=1S/C26H33N3O4/c1-32-26-13-19(14-27-15-20-12-21-4-2-3-5-24(21)28-16-20)6-7-25(26)33-18-23(31)17-29-10-8-22(30)9-11-29/h2-7,12-13,16,22-23,27,30-31H,8-11,14-15,17-18H2,1H3. The number of piperidine rings is 1. The van der Waals surface area contributed by atoms with Crippen LogP contribution in [-0.4, -0.2) is 65.7 Å². The van der Waals surface area contributed by atoms with Crippen molar-refractivity contribution in [3.05, 3.63) is 65.9 Å². The van der Waals surface area contributed by atoms with Gasteiger partial charge in [0.15, 0.2) is 11.5 Å². The molecule has 3 aromatic rings. The Morgan fingerprint density at radius 1 is 1.06 bits per heavy atom. The number of likely N-dealkylation sites (tertiary alicyclic amines) is 1. The molecule has 33 heavy (non-hydrogen) atoms. The second kappa shape index (κ2) is 11.4. The van der Waals surface area contributed by atoms with Crippen molar-refractivity contribution < 1.29 is 19.7 Å². The largest absolute Gasteiger partial charge is 0.493 e. The minimum Gasteiger partial charge on any atom is -0.493 e. The maximum atomic E-state index is 10.4. The van der Waals surface area contributed by atoms with Crippen LogP contribution in [0.1, 0.15) is 24.0 Å². The third-order valence-electron chi connectivity index (χ3n) is 5.99. The number of nitrogens with one attached hydrogen (secondary N) is 1. The number of aliphatic hydroxyl groups is 2. The molecule has 1 fully saturated rings. The topological polar surface area (TPSA) is 87.1 Å². The molecule has 0 bridgehead atoms. The van der Waals surface area contributed by atoms with Crippen molar-refractivity contribution in [2.45, 2.75) is 38.1 Å². The van der Waals surface area contributed by atoms with E-state index in [0.29, 0.717) is 24.6 Å². The number of rotatable bonds is 10. The molecule has 176 valence electrons. The molecule has 0 aliphatic carbocycles.